The molecule has 1 aromatic carbocycles. The van der Waals surface area contributed by atoms with Crippen LogP contribution in [0.4, 0.5) is 0 Å². The van der Waals surface area contributed by atoms with E-state index in [-0.39, 0.29) is 24.8 Å². The molecule has 0 saturated carbocycles. The Kier molecular flexibility index (Phi) is 5.96. The van der Waals surface area contributed by atoms with Gasteiger partial charge in [0.25, 0.3) is 0 Å². The van der Waals surface area contributed by atoms with Crippen LogP contribution in [0.25, 0.3) is 11.0 Å². The molecule has 10 heteroatoms. The Labute approximate surface area is 192 Å². The highest BCUT2D eigenvalue weighted by atomic mass is 16.3. The summed E-state index contributed by atoms with van der Waals surface area (Å²) in [6, 6.07) is 6.52. The zero-order chi connectivity index (χ0) is 23.9. The average Bonchev–Trinajstić information content (AvgIpc) is 3.45. The van der Waals surface area contributed by atoms with Crippen LogP contribution in [-0.2, 0) is 16.1 Å². The molecule has 3 aromatic rings. The molecule has 3 atom stereocenters. The molecule has 33 heavy (non-hydrogen) atoms. The van der Waals surface area contributed by atoms with Crippen molar-refractivity contribution < 1.29 is 14.7 Å². The summed E-state index contributed by atoms with van der Waals surface area (Å²) in [7, 11) is 1.53. The van der Waals surface area contributed by atoms with E-state index in [1.807, 2.05) is 52.0 Å². The van der Waals surface area contributed by atoms with Crippen LogP contribution in [-0.4, -0.2) is 72.1 Å². The maximum Gasteiger partial charge on any atom is 0.248 e. The lowest BCUT2D eigenvalue weighted by Crippen LogP contribution is -2.49. The number of β-amino-alcohol motifs (C(OH)–C–C–N with tert-alkyl or cyclic N) is 1. The number of imidazole rings is 1. The van der Waals surface area contributed by atoms with E-state index in [1.54, 1.807) is 10.9 Å². The highest BCUT2D eigenvalue weighted by molar-refractivity contribution is 5.90. The first-order chi connectivity index (χ1) is 15.6. The van der Waals surface area contributed by atoms with Crippen LogP contribution in [0.3, 0.4) is 0 Å². The summed E-state index contributed by atoms with van der Waals surface area (Å²) in [5.41, 5.74) is 2.12. The van der Waals surface area contributed by atoms with E-state index in [0.29, 0.717) is 12.2 Å². The van der Waals surface area contributed by atoms with Crippen molar-refractivity contribution in [1.29, 1.82) is 0 Å². The van der Waals surface area contributed by atoms with Gasteiger partial charge in [-0.3, -0.25) is 9.59 Å². The summed E-state index contributed by atoms with van der Waals surface area (Å²) in [4.78, 5) is 32.1. The van der Waals surface area contributed by atoms with Gasteiger partial charge in [0.2, 0.25) is 11.8 Å². The number of amides is 2. The van der Waals surface area contributed by atoms with Crippen LogP contribution in [0.1, 0.15) is 44.8 Å². The molecule has 1 aliphatic rings. The number of aryl methyl sites for hydroxylation is 1. The van der Waals surface area contributed by atoms with Crippen LogP contribution >= 0.6 is 0 Å². The van der Waals surface area contributed by atoms with Crippen molar-refractivity contribution in [2.45, 2.75) is 58.8 Å². The van der Waals surface area contributed by atoms with Gasteiger partial charge in [-0.15, -0.1) is 5.10 Å². The third-order valence-corrected chi connectivity index (χ3v) is 6.15. The molecule has 176 valence electrons. The summed E-state index contributed by atoms with van der Waals surface area (Å²) < 4.78 is 3.65. The van der Waals surface area contributed by atoms with Gasteiger partial charge in [-0.25, -0.2) is 9.67 Å². The molecule has 4 rings (SSSR count). The number of fused-ring (bicyclic) bond motifs is 1. The Morgan fingerprint density at radius 3 is 2.70 bits per heavy atom. The predicted molar refractivity (Wildman–Crippen MR) is 122 cm³/mol. The molecular formula is C23H31N7O3. The minimum absolute atomic E-state index is 0.116. The van der Waals surface area contributed by atoms with Gasteiger partial charge in [-0.1, -0.05) is 38.1 Å². The Morgan fingerprint density at radius 2 is 2.00 bits per heavy atom. The first-order valence-corrected chi connectivity index (χ1v) is 11.1. The van der Waals surface area contributed by atoms with Gasteiger partial charge in [0, 0.05) is 20.0 Å². The van der Waals surface area contributed by atoms with Crippen LogP contribution in [0.15, 0.2) is 30.5 Å². The Bertz CT molecular complexity index is 1180. The zero-order valence-electron chi connectivity index (χ0n) is 19.7. The molecular weight excluding hydrogens is 422 g/mol. The van der Waals surface area contributed by atoms with E-state index in [4.69, 9.17) is 0 Å². The van der Waals surface area contributed by atoms with Gasteiger partial charge < -0.3 is 19.9 Å². The van der Waals surface area contributed by atoms with Crippen molar-refractivity contribution in [2.24, 2.45) is 5.41 Å². The summed E-state index contributed by atoms with van der Waals surface area (Å²) in [5, 5.41) is 21.4. The second kappa shape index (κ2) is 8.58. The molecule has 2 aromatic heterocycles. The second-order valence-electron chi connectivity index (χ2n) is 9.70. The fourth-order valence-electron chi connectivity index (χ4n) is 4.58. The van der Waals surface area contributed by atoms with E-state index in [0.717, 1.165) is 16.9 Å². The van der Waals surface area contributed by atoms with Gasteiger partial charge in [0.1, 0.15) is 23.6 Å². The number of aliphatic hydroxyl groups excluding tert-OH is 1. The summed E-state index contributed by atoms with van der Waals surface area (Å²) in [6.45, 7) is 8.39. The maximum atomic E-state index is 13.7. The molecule has 1 aliphatic heterocycles. The monoisotopic (exact) mass is 453 g/mol. The quantitative estimate of drug-likeness (QED) is 0.601. The number of likely N-dealkylation sites (N-methyl/N-ethyl adjacent to an activating group) is 1. The Hall–Kier alpha value is -3.27. The molecule has 10 nitrogen and oxygen atoms in total. The number of carbonyl (C=O) groups is 2. The Balaban J connectivity index is 1.63. The van der Waals surface area contributed by atoms with Crippen molar-refractivity contribution >= 4 is 22.8 Å². The number of carbonyl (C=O) groups excluding carboxylic acids is 2. The number of hydrogen-bond acceptors (Lipinski definition) is 6. The molecule has 2 N–H and O–H groups in total. The third-order valence-electron chi connectivity index (χ3n) is 6.15. The van der Waals surface area contributed by atoms with Crippen molar-refractivity contribution in [3.8, 4) is 0 Å². The highest BCUT2D eigenvalue weighted by Crippen LogP contribution is 2.34. The minimum atomic E-state index is -0.735. The van der Waals surface area contributed by atoms with Gasteiger partial charge in [-0.05, 0) is 24.5 Å². The number of rotatable bonds is 5. The number of benzene rings is 1. The number of nitrogens with one attached hydrogen (secondary N) is 1. The smallest absolute Gasteiger partial charge is 0.248 e. The topological polar surface area (TPSA) is 118 Å². The third kappa shape index (κ3) is 4.35. The Morgan fingerprint density at radius 1 is 1.27 bits per heavy atom. The molecule has 1 saturated heterocycles. The fraction of sp³-hybridized carbons (Fsp3) is 0.522. The molecule has 0 radical (unpaired) electrons. The maximum absolute atomic E-state index is 13.7. The predicted octanol–water partition coefficient (Wildman–Crippen LogP) is 1.28. The molecule has 3 heterocycles. The van der Waals surface area contributed by atoms with Crippen molar-refractivity contribution in [3.05, 3.63) is 42.0 Å². The number of para-hydroxylation sites is 2. The molecule has 0 aliphatic carbocycles. The van der Waals surface area contributed by atoms with E-state index >= 15 is 0 Å². The van der Waals surface area contributed by atoms with Crippen molar-refractivity contribution in [1.82, 2.24) is 34.8 Å². The number of likely N-dealkylation sites (tertiary alicyclic amines) is 1. The van der Waals surface area contributed by atoms with Crippen molar-refractivity contribution in [2.75, 3.05) is 13.6 Å². The highest BCUT2D eigenvalue weighted by Gasteiger charge is 2.45. The van der Waals surface area contributed by atoms with E-state index in [1.165, 1.54) is 11.9 Å². The normalized spacial score (nSPS) is 19.8. The molecule has 1 fully saturated rings. The standard InChI is InChI=1S/C23H31N7O3/c1-14-25-17-8-6-7-9-18(17)28(14)11-15-12-30(27-26-15)20(23(2,3)4)22(33)29-13-16(31)10-19(29)21(32)24-5/h6-9,12,16,19-20,31H,10-11,13H2,1-5H3,(H,24,32)/t16?,19?,20-/m1/s1. The largest absolute Gasteiger partial charge is 0.391 e. The van der Waals surface area contributed by atoms with Gasteiger partial charge in [0.05, 0.1) is 29.9 Å². The van der Waals surface area contributed by atoms with Crippen LogP contribution in [0.5, 0.6) is 0 Å². The first-order valence-electron chi connectivity index (χ1n) is 11.1. The van der Waals surface area contributed by atoms with E-state index in [2.05, 4.69) is 25.2 Å². The van der Waals surface area contributed by atoms with Gasteiger partial charge >= 0.3 is 0 Å². The number of hydrogen-bond donors (Lipinski definition) is 2. The number of aliphatic hydroxyl groups is 1. The zero-order valence-corrected chi connectivity index (χ0v) is 19.7. The average molecular weight is 454 g/mol. The van der Waals surface area contributed by atoms with Crippen LogP contribution in [0.2, 0.25) is 0 Å². The lowest BCUT2D eigenvalue weighted by atomic mass is 9.85. The summed E-state index contributed by atoms with van der Waals surface area (Å²) in [6.07, 6.45) is 1.27. The number of nitrogens with zero attached hydrogens (tertiary/aromatic N) is 6. The molecule has 2 amide bonds. The van der Waals surface area contributed by atoms with E-state index in [9.17, 15) is 14.7 Å². The molecule has 0 bridgehead atoms. The van der Waals surface area contributed by atoms with Gasteiger partial charge in [0.15, 0.2) is 0 Å². The molecule has 0 spiro atoms. The lowest BCUT2D eigenvalue weighted by Gasteiger charge is -2.34. The van der Waals surface area contributed by atoms with Crippen LogP contribution < -0.4 is 5.32 Å². The fourth-order valence-corrected chi connectivity index (χ4v) is 4.58. The summed E-state index contributed by atoms with van der Waals surface area (Å²) in [5.74, 6) is 0.330. The lowest BCUT2D eigenvalue weighted by molar-refractivity contribution is -0.144. The minimum Gasteiger partial charge on any atom is -0.391 e. The number of aromatic nitrogens is 5. The molecule has 2 unspecified atom stereocenters. The first kappa shape index (κ1) is 22.9. The van der Waals surface area contributed by atoms with Crippen molar-refractivity contribution in [3.63, 3.8) is 0 Å². The SMILES string of the molecule is CNC(=O)C1CC(O)CN1C(=O)[C@@H](n1cc(Cn2c(C)nc3ccccc32)nn1)C(C)(C)C. The van der Waals surface area contributed by atoms with E-state index < -0.39 is 23.6 Å². The van der Waals surface area contributed by atoms with Crippen LogP contribution in [0, 0.1) is 12.3 Å². The summed E-state index contributed by atoms with van der Waals surface area (Å²) >= 11 is 0. The van der Waals surface area contributed by atoms with Gasteiger partial charge in [-0.2, -0.15) is 0 Å². The second-order valence-corrected chi connectivity index (χ2v) is 9.70.